The highest BCUT2D eigenvalue weighted by Gasteiger charge is 2.43. The van der Waals surface area contributed by atoms with Gasteiger partial charge in [0.1, 0.15) is 37.1 Å². The first kappa shape index (κ1) is 73.5. The lowest BCUT2D eigenvalue weighted by Crippen LogP contribution is -2.62. The van der Waals surface area contributed by atoms with Crippen LogP contribution in [0.3, 0.4) is 0 Å². The van der Waals surface area contributed by atoms with Gasteiger partial charge in [0.05, 0.1) is 31.7 Å². The second kappa shape index (κ2) is 34.5. The normalized spacial score (nSPS) is 23.0. The summed E-state index contributed by atoms with van der Waals surface area (Å²) in [5.41, 5.74) is 1.68. The van der Waals surface area contributed by atoms with Crippen molar-refractivity contribution in [1.82, 2.24) is 30.2 Å². The number of hydrogen-bond donors (Lipinski definition) is 4. The van der Waals surface area contributed by atoms with Crippen LogP contribution in [0, 0.1) is 17.3 Å². The SMILES string of the molecule is COc1ccc(CC[C@H]2OC(=O)[C@@H]3CCCCN3C(=O)C(=O)C(C)(C)COC(=O)/C=C\CCN(C)C(=O)[C@H](Cc3ccc4ccccc4c3)NC(O)[C@H](C(C)C)N(C)C(=O)[C@@H](Cc3ccccc3)NC(=O)[C@H](CC(C)C)N(C)C(=O)CCC(=O)Nc3cccc2c3)cc1OC. The molecule has 0 radical (unpaired) electrons. The van der Waals surface area contributed by atoms with Crippen molar-refractivity contribution in [2.45, 2.75) is 155 Å². The first-order valence-electron chi connectivity index (χ1n) is 32.8. The number of hydrogen-bond acceptors (Lipinski definition) is 15. The summed E-state index contributed by atoms with van der Waals surface area (Å²) in [6.45, 7) is 10.2. The van der Waals surface area contributed by atoms with Crippen molar-refractivity contribution in [2.75, 3.05) is 60.4 Å². The monoisotopic (exact) mass is 1310 g/mol. The molecule has 21 nitrogen and oxygen atoms in total. The average molecular weight is 1310 g/mol. The van der Waals surface area contributed by atoms with E-state index in [1.165, 1.54) is 66.9 Å². The van der Waals surface area contributed by atoms with Gasteiger partial charge in [0.2, 0.25) is 35.3 Å². The van der Waals surface area contributed by atoms with E-state index in [2.05, 4.69) is 16.0 Å². The van der Waals surface area contributed by atoms with Crippen LogP contribution in [0.1, 0.15) is 121 Å². The second-order valence-electron chi connectivity index (χ2n) is 26.2. The first-order chi connectivity index (χ1) is 45.3. The Balaban J connectivity index is 1.21. The molecule has 0 spiro atoms. The minimum Gasteiger partial charge on any atom is -0.493 e. The second-order valence-corrected chi connectivity index (χ2v) is 26.2. The number of fused-ring (bicyclic) bond motifs is 4. The number of amides is 6. The molecule has 1 unspecified atom stereocenters. The fraction of sp³-hybridized carbons (Fsp3) is 0.473. The number of benzene rings is 5. The summed E-state index contributed by atoms with van der Waals surface area (Å²) >= 11 is 0. The third-order valence-electron chi connectivity index (χ3n) is 17.7. The zero-order chi connectivity index (χ0) is 69.1. The minimum atomic E-state index is -1.52. The van der Waals surface area contributed by atoms with Gasteiger partial charge in [-0.3, -0.25) is 38.9 Å². The number of rotatable bonds is 12. The molecule has 0 aliphatic carbocycles. The molecule has 510 valence electrons. The molecule has 95 heavy (non-hydrogen) atoms. The molecule has 21 heteroatoms. The number of nitrogens with one attached hydrogen (secondary N) is 3. The van der Waals surface area contributed by atoms with Crippen LogP contribution in [0.25, 0.3) is 10.8 Å². The number of aliphatic hydroxyl groups is 1. The summed E-state index contributed by atoms with van der Waals surface area (Å²) in [5, 5.41) is 23.4. The van der Waals surface area contributed by atoms with E-state index in [0.717, 1.165) is 27.5 Å². The number of aliphatic hydroxyl groups excluding tert-OH is 1. The van der Waals surface area contributed by atoms with E-state index < -0.39 is 114 Å². The average Bonchev–Trinajstić information content (AvgIpc) is 0.833. The van der Waals surface area contributed by atoms with E-state index in [4.69, 9.17) is 18.9 Å². The Morgan fingerprint density at radius 1 is 0.695 bits per heavy atom. The van der Waals surface area contributed by atoms with Crippen molar-refractivity contribution in [3.05, 3.63) is 150 Å². The van der Waals surface area contributed by atoms with E-state index in [9.17, 15) is 43.5 Å². The van der Waals surface area contributed by atoms with Crippen molar-refractivity contribution >= 4 is 69.6 Å². The van der Waals surface area contributed by atoms with Crippen LogP contribution in [0.15, 0.2) is 127 Å². The van der Waals surface area contributed by atoms with Gasteiger partial charge in [0, 0.05) is 65.3 Å². The number of carbonyl (C=O) groups excluding carboxylic acids is 9. The minimum absolute atomic E-state index is 0.0520. The largest absolute Gasteiger partial charge is 0.493 e. The number of cyclic esters (lactones) is 2. The Kier molecular flexibility index (Phi) is 26.6. The van der Waals surface area contributed by atoms with Gasteiger partial charge >= 0.3 is 11.9 Å². The molecule has 7 rings (SSSR count). The highest BCUT2D eigenvalue weighted by atomic mass is 16.5. The van der Waals surface area contributed by atoms with E-state index in [1.807, 2.05) is 113 Å². The van der Waals surface area contributed by atoms with Crippen LogP contribution in [0.4, 0.5) is 5.69 Å². The van der Waals surface area contributed by atoms with Gasteiger partial charge in [0.15, 0.2) is 11.5 Å². The van der Waals surface area contributed by atoms with Crippen molar-refractivity contribution in [1.29, 1.82) is 0 Å². The molecule has 5 aromatic rings. The number of likely N-dealkylation sites (N-methyl/N-ethyl adjacent to an activating group) is 3. The quantitative estimate of drug-likeness (QED) is 0.0676. The number of esters is 2. The number of Topliss-reactive ketones (excluding diaryl/α,β-unsaturated/α-hetero) is 1. The Bertz CT molecular complexity index is 3540. The predicted octanol–water partition coefficient (Wildman–Crippen LogP) is 8.33. The van der Waals surface area contributed by atoms with Crippen LogP contribution in [0.2, 0.25) is 0 Å². The van der Waals surface area contributed by atoms with Gasteiger partial charge in [-0.1, -0.05) is 125 Å². The molecular weight excluding hydrogens is 1210 g/mol. The third-order valence-corrected chi connectivity index (χ3v) is 17.7. The van der Waals surface area contributed by atoms with Crippen LogP contribution in [-0.4, -0.2) is 169 Å². The lowest BCUT2D eigenvalue weighted by Gasteiger charge is -2.39. The highest BCUT2D eigenvalue weighted by Crippen LogP contribution is 2.33. The summed E-state index contributed by atoms with van der Waals surface area (Å²) in [6.07, 6.45) is 2.19. The summed E-state index contributed by atoms with van der Waals surface area (Å²) in [7, 11) is 7.70. The maximum atomic E-state index is 15.2. The predicted molar refractivity (Wildman–Crippen MR) is 362 cm³/mol. The van der Waals surface area contributed by atoms with Crippen LogP contribution in [-0.2, 0) is 71.9 Å². The topological polar surface area (TPSA) is 260 Å². The number of ketones is 1. The van der Waals surface area contributed by atoms with E-state index in [1.54, 1.807) is 44.4 Å². The number of methoxy groups -OCH3 is 2. The molecule has 0 saturated carbocycles. The maximum Gasteiger partial charge on any atom is 0.330 e. The van der Waals surface area contributed by atoms with E-state index in [-0.39, 0.29) is 70.4 Å². The van der Waals surface area contributed by atoms with Crippen molar-refractivity contribution in [3.63, 3.8) is 0 Å². The molecule has 0 aromatic heterocycles. The fourth-order valence-corrected chi connectivity index (χ4v) is 12.2. The number of aryl methyl sites for hydroxylation is 1. The van der Waals surface area contributed by atoms with Crippen molar-refractivity contribution in [2.24, 2.45) is 17.3 Å². The first-order valence-corrected chi connectivity index (χ1v) is 32.8. The summed E-state index contributed by atoms with van der Waals surface area (Å²) in [6, 6.07) is 29.6. The number of ether oxygens (including phenoxy) is 4. The zero-order valence-electron chi connectivity index (χ0n) is 56.8. The van der Waals surface area contributed by atoms with E-state index >= 15 is 4.79 Å². The smallest absolute Gasteiger partial charge is 0.330 e. The Morgan fingerprint density at radius 2 is 1.39 bits per heavy atom. The summed E-state index contributed by atoms with van der Waals surface area (Å²) in [5.74, 6) is -5.38. The Hall–Kier alpha value is -8.95. The third kappa shape index (κ3) is 20.3. The molecule has 5 aromatic carbocycles. The zero-order valence-corrected chi connectivity index (χ0v) is 56.8. The molecule has 1 fully saturated rings. The van der Waals surface area contributed by atoms with E-state index in [0.29, 0.717) is 42.0 Å². The molecule has 6 amide bonds. The number of carbonyl (C=O) groups is 9. The molecule has 7 atom stereocenters. The van der Waals surface area contributed by atoms with Crippen LogP contribution in [0.5, 0.6) is 11.5 Å². The fourth-order valence-electron chi connectivity index (χ4n) is 12.2. The van der Waals surface area contributed by atoms with Crippen LogP contribution < -0.4 is 25.4 Å². The van der Waals surface area contributed by atoms with Gasteiger partial charge in [-0.2, -0.15) is 0 Å². The van der Waals surface area contributed by atoms with Gasteiger partial charge < -0.3 is 54.3 Å². The molecule has 2 bridgehead atoms. The Labute approximate surface area is 558 Å². The maximum absolute atomic E-state index is 15.2. The summed E-state index contributed by atoms with van der Waals surface area (Å²) in [4.78, 5) is 134. The lowest BCUT2D eigenvalue weighted by atomic mass is 9.87. The van der Waals surface area contributed by atoms with Gasteiger partial charge in [-0.05, 0) is 134 Å². The van der Waals surface area contributed by atoms with Gasteiger partial charge in [-0.15, -0.1) is 0 Å². The highest BCUT2D eigenvalue weighted by molar-refractivity contribution is 6.38. The summed E-state index contributed by atoms with van der Waals surface area (Å²) < 4.78 is 22.9. The van der Waals surface area contributed by atoms with Gasteiger partial charge in [-0.25, -0.2) is 9.59 Å². The standard InChI is InChI=1S/C74H95N7O14/c1-47(2)40-59-68(86)76-57(42-49-22-13-12-14-23-49)71(89)80(9)66(48(3)4)69(87)77-56(43-51-30-33-52-24-15-16-25-53(52)41-51)70(88)78(7)38-19-18-29-65(84)94-46-74(5,6)67(85)72(90)81-39-20-17-28-58(81)73(91)95-60(34-31-50-32-35-61(92-10)62(44-50)93-11)54-26-21-27-55(45-54)75-63(82)36-37-64(83)79(59)8/h12-16,18,21-27,29-30,32-33,35,41,44-45,47-48,56-60,66,69,77,87H,17,19-20,28,31,34,36-40,42-43,46H2,1-11H3,(H,75,82)(H,76,86)/b29-18-/t56-,57+,58-,59-,60+,66-,69?/m0/s1. The molecule has 2 aliphatic rings. The molecule has 1 saturated heterocycles. The van der Waals surface area contributed by atoms with Gasteiger partial charge in [0.25, 0.3) is 5.91 Å². The number of piperidine rings is 1. The molecule has 2 heterocycles. The lowest BCUT2D eigenvalue weighted by molar-refractivity contribution is -0.165. The Morgan fingerprint density at radius 3 is 2.09 bits per heavy atom. The molecule has 2 aliphatic heterocycles. The number of nitrogens with zero attached hydrogens (tertiary/aromatic N) is 4. The van der Waals surface area contributed by atoms with Crippen LogP contribution >= 0.6 is 0 Å². The molecular formula is C74H95N7O14. The van der Waals surface area contributed by atoms with Crippen molar-refractivity contribution < 1.29 is 67.2 Å². The van der Waals surface area contributed by atoms with Crippen molar-refractivity contribution in [3.8, 4) is 11.5 Å². The number of anilines is 1. The molecule has 4 N–H and O–H groups in total.